The van der Waals surface area contributed by atoms with Crippen molar-refractivity contribution in [1.29, 1.82) is 0 Å². The Bertz CT molecular complexity index is 438. The normalized spacial score (nSPS) is 19.9. The van der Waals surface area contributed by atoms with Crippen molar-refractivity contribution in [3.63, 3.8) is 0 Å². The summed E-state index contributed by atoms with van der Waals surface area (Å²) in [6, 6.07) is 0.360. The molecule has 2 heterocycles. The van der Waals surface area contributed by atoms with Crippen LogP contribution in [-0.2, 0) is 7.05 Å². The van der Waals surface area contributed by atoms with Crippen LogP contribution < -0.4 is 5.32 Å². The van der Waals surface area contributed by atoms with Gasteiger partial charge in [0.2, 0.25) is 0 Å². The van der Waals surface area contributed by atoms with Crippen molar-refractivity contribution in [3.8, 4) is 0 Å². The fourth-order valence-corrected chi connectivity index (χ4v) is 3.72. The second-order valence-corrected chi connectivity index (χ2v) is 7.55. The third-order valence-corrected chi connectivity index (χ3v) is 4.96. The molecule has 21 heavy (non-hydrogen) atoms. The van der Waals surface area contributed by atoms with Crippen LogP contribution in [0.25, 0.3) is 0 Å². The number of nitrogens with zero attached hydrogens (tertiary/aromatic N) is 4. The van der Waals surface area contributed by atoms with Gasteiger partial charge in [-0.25, -0.2) is 4.98 Å². The SMILES string of the molecule is CNCC(c1c(Br)ncn1C)N1CCN(C(C)(C)C)CC1. The maximum atomic E-state index is 4.38. The number of nitrogens with one attached hydrogen (secondary N) is 1. The summed E-state index contributed by atoms with van der Waals surface area (Å²) in [5, 5.41) is 3.33. The van der Waals surface area contributed by atoms with Crippen LogP contribution in [0.2, 0.25) is 0 Å². The molecule has 2 rings (SSSR count). The molecule has 5 nitrogen and oxygen atoms in total. The summed E-state index contributed by atoms with van der Waals surface area (Å²) in [4.78, 5) is 9.52. The standard InChI is InChI=1S/C15H28BrN5/c1-15(2,3)21-8-6-20(7-9-21)12(10-17-4)13-14(16)18-11-19(13)5/h11-12,17H,6-10H2,1-5H3. The summed E-state index contributed by atoms with van der Waals surface area (Å²) < 4.78 is 3.09. The van der Waals surface area contributed by atoms with Crippen molar-refractivity contribution in [1.82, 2.24) is 24.7 Å². The van der Waals surface area contributed by atoms with Gasteiger partial charge in [0.1, 0.15) is 4.60 Å². The molecule has 0 aromatic carbocycles. The number of likely N-dealkylation sites (N-methyl/N-ethyl adjacent to an activating group) is 1. The second-order valence-electron chi connectivity index (χ2n) is 6.80. The first-order chi connectivity index (χ1) is 9.84. The first-order valence-electron chi connectivity index (χ1n) is 7.65. The van der Waals surface area contributed by atoms with Gasteiger partial charge in [-0.1, -0.05) is 0 Å². The molecule has 1 fully saturated rings. The van der Waals surface area contributed by atoms with Crippen molar-refractivity contribution < 1.29 is 0 Å². The Morgan fingerprint density at radius 1 is 1.29 bits per heavy atom. The highest BCUT2D eigenvalue weighted by Gasteiger charge is 2.31. The molecule has 1 saturated heterocycles. The minimum Gasteiger partial charge on any atom is -0.335 e. The van der Waals surface area contributed by atoms with Gasteiger partial charge >= 0.3 is 0 Å². The predicted molar refractivity (Wildman–Crippen MR) is 90.5 cm³/mol. The fourth-order valence-electron chi connectivity index (χ4n) is 3.08. The van der Waals surface area contributed by atoms with Gasteiger partial charge in [0.25, 0.3) is 0 Å². The number of rotatable bonds is 4. The average Bonchev–Trinajstić information content (AvgIpc) is 2.75. The van der Waals surface area contributed by atoms with Gasteiger partial charge < -0.3 is 9.88 Å². The Labute approximate surface area is 136 Å². The lowest BCUT2D eigenvalue weighted by Crippen LogP contribution is -2.55. The van der Waals surface area contributed by atoms with E-state index in [4.69, 9.17) is 0 Å². The van der Waals surface area contributed by atoms with E-state index in [9.17, 15) is 0 Å². The number of hydrogen-bond donors (Lipinski definition) is 1. The molecule has 1 aromatic heterocycles. The monoisotopic (exact) mass is 357 g/mol. The maximum Gasteiger partial charge on any atom is 0.128 e. The molecule has 120 valence electrons. The second kappa shape index (κ2) is 6.77. The van der Waals surface area contributed by atoms with E-state index in [0.717, 1.165) is 37.3 Å². The third-order valence-electron chi connectivity index (χ3n) is 4.35. The minimum absolute atomic E-state index is 0.262. The Balaban J connectivity index is 2.11. The number of imidazole rings is 1. The van der Waals surface area contributed by atoms with E-state index in [2.05, 4.69) is 68.4 Å². The van der Waals surface area contributed by atoms with E-state index in [1.165, 1.54) is 5.69 Å². The zero-order chi connectivity index (χ0) is 15.6. The number of aromatic nitrogens is 2. The Morgan fingerprint density at radius 3 is 2.33 bits per heavy atom. The lowest BCUT2D eigenvalue weighted by molar-refractivity contribution is 0.0403. The van der Waals surface area contributed by atoms with E-state index in [1.54, 1.807) is 0 Å². The van der Waals surface area contributed by atoms with Crippen LogP contribution in [-0.4, -0.2) is 64.7 Å². The average molecular weight is 358 g/mol. The number of piperazine rings is 1. The molecule has 0 amide bonds. The largest absolute Gasteiger partial charge is 0.335 e. The summed E-state index contributed by atoms with van der Waals surface area (Å²) in [6.07, 6.45) is 1.88. The van der Waals surface area contributed by atoms with E-state index in [0.29, 0.717) is 6.04 Å². The topological polar surface area (TPSA) is 36.3 Å². The molecule has 0 aliphatic carbocycles. The smallest absolute Gasteiger partial charge is 0.128 e. The third kappa shape index (κ3) is 3.86. The van der Waals surface area contributed by atoms with Gasteiger partial charge in [-0.15, -0.1) is 0 Å². The van der Waals surface area contributed by atoms with Crippen LogP contribution >= 0.6 is 15.9 Å². The summed E-state index contributed by atoms with van der Waals surface area (Å²) in [5.41, 5.74) is 1.52. The number of aryl methyl sites for hydroxylation is 1. The Morgan fingerprint density at radius 2 is 1.90 bits per heavy atom. The molecular formula is C15H28BrN5. The lowest BCUT2D eigenvalue weighted by Gasteiger charge is -2.44. The number of hydrogen-bond acceptors (Lipinski definition) is 4. The summed E-state index contributed by atoms with van der Waals surface area (Å²) in [5.74, 6) is 0. The molecule has 0 bridgehead atoms. The fraction of sp³-hybridized carbons (Fsp3) is 0.800. The van der Waals surface area contributed by atoms with Gasteiger partial charge in [0, 0.05) is 45.3 Å². The number of halogens is 1. The van der Waals surface area contributed by atoms with E-state index in [1.807, 2.05) is 13.4 Å². The van der Waals surface area contributed by atoms with Crippen LogP contribution in [0.4, 0.5) is 0 Å². The van der Waals surface area contributed by atoms with Crippen LogP contribution in [0.15, 0.2) is 10.9 Å². The molecular weight excluding hydrogens is 330 g/mol. The zero-order valence-electron chi connectivity index (χ0n) is 13.9. The first kappa shape index (κ1) is 16.9. The lowest BCUT2D eigenvalue weighted by atomic mass is 10.0. The van der Waals surface area contributed by atoms with Gasteiger partial charge in [0.15, 0.2) is 0 Å². The Hall–Kier alpha value is -0.430. The summed E-state index contributed by atoms with van der Waals surface area (Å²) in [6.45, 7) is 12.3. The minimum atomic E-state index is 0.262. The maximum absolute atomic E-state index is 4.38. The molecule has 1 aliphatic rings. The quantitative estimate of drug-likeness (QED) is 0.892. The van der Waals surface area contributed by atoms with Gasteiger partial charge in [-0.3, -0.25) is 9.80 Å². The molecule has 0 saturated carbocycles. The highest BCUT2D eigenvalue weighted by atomic mass is 79.9. The highest BCUT2D eigenvalue weighted by Crippen LogP contribution is 2.28. The van der Waals surface area contributed by atoms with E-state index >= 15 is 0 Å². The van der Waals surface area contributed by atoms with Crippen LogP contribution in [0.3, 0.4) is 0 Å². The van der Waals surface area contributed by atoms with Gasteiger partial charge in [-0.2, -0.15) is 0 Å². The van der Waals surface area contributed by atoms with Crippen LogP contribution in [0.5, 0.6) is 0 Å². The molecule has 1 atom stereocenters. The van der Waals surface area contributed by atoms with Crippen molar-refractivity contribution in [2.45, 2.75) is 32.4 Å². The van der Waals surface area contributed by atoms with E-state index in [-0.39, 0.29) is 5.54 Å². The molecule has 1 N–H and O–H groups in total. The van der Waals surface area contributed by atoms with Gasteiger partial charge in [0.05, 0.1) is 18.1 Å². The zero-order valence-corrected chi connectivity index (χ0v) is 15.4. The van der Waals surface area contributed by atoms with E-state index < -0.39 is 0 Å². The molecule has 1 aliphatic heterocycles. The van der Waals surface area contributed by atoms with Crippen molar-refractivity contribution >= 4 is 15.9 Å². The first-order valence-corrected chi connectivity index (χ1v) is 8.44. The van der Waals surface area contributed by atoms with Crippen molar-refractivity contribution in [2.24, 2.45) is 7.05 Å². The van der Waals surface area contributed by atoms with Gasteiger partial charge in [-0.05, 0) is 43.7 Å². The molecule has 1 aromatic rings. The van der Waals surface area contributed by atoms with Crippen LogP contribution in [0.1, 0.15) is 32.5 Å². The van der Waals surface area contributed by atoms with Crippen molar-refractivity contribution in [3.05, 3.63) is 16.6 Å². The molecule has 0 spiro atoms. The summed E-state index contributed by atoms with van der Waals surface area (Å²) in [7, 11) is 4.09. The van der Waals surface area contributed by atoms with Crippen molar-refractivity contribution in [2.75, 3.05) is 39.8 Å². The highest BCUT2D eigenvalue weighted by molar-refractivity contribution is 9.10. The molecule has 0 radical (unpaired) electrons. The van der Waals surface area contributed by atoms with Crippen LogP contribution in [0, 0.1) is 0 Å². The predicted octanol–water partition coefficient (Wildman–Crippen LogP) is 1.86. The Kier molecular flexibility index (Phi) is 5.46. The molecule has 1 unspecified atom stereocenters. The molecule has 6 heteroatoms. The summed E-state index contributed by atoms with van der Waals surface area (Å²) >= 11 is 3.60.